The molecule has 0 spiro atoms. The third-order valence-corrected chi connectivity index (χ3v) is 6.52. The van der Waals surface area contributed by atoms with Crippen LogP contribution in [0.5, 0.6) is 0 Å². The highest BCUT2D eigenvalue weighted by Gasteiger charge is 2.53. The van der Waals surface area contributed by atoms with Gasteiger partial charge >= 0.3 is 6.42 Å². The highest BCUT2D eigenvalue weighted by molar-refractivity contribution is 6.73. The van der Waals surface area contributed by atoms with Crippen LogP contribution in [0.25, 0.3) is 5.57 Å². The Morgan fingerprint density at radius 1 is 1.12 bits per heavy atom. The molecule has 2 nitrogen and oxygen atoms in total. The van der Waals surface area contributed by atoms with Crippen molar-refractivity contribution in [2.24, 2.45) is 5.92 Å². The van der Waals surface area contributed by atoms with Gasteiger partial charge in [0.1, 0.15) is 5.71 Å². The summed E-state index contributed by atoms with van der Waals surface area (Å²) in [4.78, 5) is 0. The van der Waals surface area contributed by atoms with E-state index in [1.165, 1.54) is 39.4 Å². The maximum Gasteiger partial charge on any atom is 0.557 e. The van der Waals surface area contributed by atoms with Gasteiger partial charge in [0, 0.05) is 35.0 Å². The van der Waals surface area contributed by atoms with Crippen LogP contribution >= 0.6 is 11.6 Å². The zero-order valence-corrected chi connectivity index (χ0v) is 17.1. The van der Waals surface area contributed by atoms with E-state index in [9.17, 15) is 0 Å². The molecule has 0 radical (unpaired) electrons. The van der Waals surface area contributed by atoms with Crippen molar-refractivity contribution in [2.45, 2.75) is 61.7 Å². The first-order chi connectivity index (χ1) is 11.0. The molecule has 0 saturated carbocycles. The molecular formula is C20H29BClN2+. The summed E-state index contributed by atoms with van der Waals surface area (Å²) in [7, 11) is 0. The number of rotatable bonds is 2. The Kier molecular flexibility index (Phi) is 3.88. The summed E-state index contributed by atoms with van der Waals surface area (Å²) in [6.45, 7) is 22.5. The van der Waals surface area contributed by atoms with Crippen LogP contribution in [0.1, 0.15) is 58.0 Å². The average Bonchev–Trinajstić information content (AvgIpc) is 2.85. The smallest absolute Gasteiger partial charge is 0.412 e. The standard InChI is InChI=1S/C20H29BClN2/c1-11(2)10-17-19-13(4)12(3)15(6)23(19)21(8,9)24-16(7)18(22)14(5)20(17)24/h11H,8,10H2,1-7,9H3/q+1. The van der Waals surface area contributed by atoms with E-state index in [-0.39, 0.29) is 0 Å². The monoisotopic (exact) mass is 343 g/mol. The van der Waals surface area contributed by atoms with Gasteiger partial charge in [0.15, 0.2) is 5.70 Å². The van der Waals surface area contributed by atoms with Crippen LogP contribution in [-0.4, -0.2) is 21.1 Å². The first-order valence-corrected chi connectivity index (χ1v) is 9.38. The van der Waals surface area contributed by atoms with Crippen molar-refractivity contribution in [3.8, 4) is 0 Å². The number of aromatic nitrogens is 1. The zero-order valence-electron chi connectivity index (χ0n) is 16.3. The van der Waals surface area contributed by atoms with Crippen molar-refractivity contribution in [1.29, 1.82) is 0 Å². The summed E-state index contributed by atoms with van der Waals surface area (Å²) in [5.41, 5.74) is 10.5. The van der Waals surface area contributed by atoms with E-state index >= 15 is 0 Å². The Hall–Kier alpha value is -1.35. The number of hydrogen-bond donors (Lipinski definition) is 0. The van der Waals surface area contributed by atoms with Crippen molar-refractivity contribution in [3.63, 3.8) is 0 Å². The number of fused-ring (bicyclic) bond motifs is 2. The molecule has 0 N–H and O–H groups in total. The minimum Gasteiger partial charge on any atom is -0.412 e. The molecular weight excluding hydrogens is 314 g/mol. The second-order valence-electron chi connectivity index (χ2n) is 8.28. The third kappa shape index (κ3) is 2.03. The molecule has 0 aromatic carbocycles. The van der Waals surface area contributed by atoms with Gasteiger partial charge in [-0.05, 0) is 59.2 Å². The van der Waals surface area contributed by atoms with Crippen LogP contribution in [0, 0.1) is 26.6 Å². The molecule has 0 bridgehead atoms. The van der Waals surface area contributed by atoms with Crippen LogP contribution in [0.2, 0.25) is 11.8 Å². The SMILES string of the molecule is [CH2+][B-]1(C)n2c(C)c(Cl)c(C)c2C(CC(C)C)=C2C(C)=C(C)C(C)=[N+]21. The van der Waals surface area contributed by atoms with Crippen molar-refractivity contribution < 1.29 is 4.49 Å². The fourth-order valence-electron chi connectivity index (χ4n) is 4.77. The molecule has 3 rings (SSSR count). The predicted octanol–water partition coefficient (Wildman–Crippen LogP) is 5.65. The van der Waals surface area contributed by atoms with Crippen molar-refractivity contribution in [1.82, 2.24) is 4.48 Å². The van der Waals surface area contributed by atoms with Gasteiger partial charge in [-0.2, -0.15) is 0 Å². The van der Waals surface area contributed by atoms with E-state index in [1.54, 1.807) is 0 Å². The van der Waals surface area contributed by atoms with Crippen molar-refractivity contribution >= 4 is 29.3 Å². The molecule has 0 saturated heterocycles. The number of allylic oxidation sites excluding steroid dienone is 3. The molecule has 2 aliphatic heterocycles. The van der Waals surface area contributed by atoms with E-state index in [1.807, 2.05) is 0 Å². The molecule has 0 fully saturated rings. The van der Waals surface area contributed by atoms with Crippen LogP contribution < -0.4 is 0 Å². The quantitative estimate of drug-likeness (QED) is 0.484. The van der Waals surface area contributed by atoms with Gasteiger partial charge in [-0.3, -0.25) is 0 Å². The van der Waals surface area contributed by atoms with Gasteiger partial charge in [0.25, 0.3) is 0 Å². The molecule has 4 heteroatoms. The maximum atomic E-state index is 6.68. The number of nitrogens with zero attached hydrogens (tertiary/aromatic N) is 2. The van der Waals surface area contributed by atoms with Crippen molar-refractivity contribution in [2.75, 3.05) is 0 Å². The van der Waals surface area contributed by atoms with Gasteiger partial charge in [-0.25, -0.2) is 0 Å². The average molecular weight is 344 g/mol. The minimum absolute atomic E-state index is 0.590. The van der Waals surface area contributed by atoms with Gasteiger partial charge in [0.05, 0.1) is 5.02 Å². The Bertz CT molecular complexity index is 847. The number of halogens is 1. The molecule has 1 atom stereocenters. The lowest BCUT2D eigenvalue weighted by Gasteiger charge is -2.35. The second-order valence-corrected chi connectivity index (χ2v) is 8.66. The topological polar surface area (TPSA) is 7.94 Å². The fourth-order valence-corrected chi connectivity index (χ4v) is 4.95. The van der Waals surface area contributed by atoms with E-state index in [0.29, 0.717) is 5.92 Å². The lowest BCUT2D eigenvalue weighted by molar-refractivity contribution is -0.334. The molecule has 0 aliphatic carbocycles. The van der Waals surface area contributed by atoms with E-state index in [2.05, 4.69) is 71.1 Å². The first kappa shape index (κ1) is 17.5. The summed E-state index contributed by atoms with van der Waals surface area (Å²) in [5.74, 6) is 0.590. The van der Waals surface area contributed by atoms with Gasteiger partial charge in [-0.1, -0.05) is 25.4 Å². The van der Waals surface area contributed by atoms with E-state index < -0.39 is 6.42 Å². The highest BCUT2D eigenvalue weighted by Crippen LogP contribution is 2.46. The molecule has 128 valence electrons. The summed E-state index contributed by atoms with van der Waals surface area (Å²) in [6, 6.07) is 0. The molecule has 3 heterocycles. The minimum atomic E-state index is -1.19. The molecule has 0 amide bonds. The van der Waals surface area contributed by atoms with E-state index in [4.69, 9.17) is 11.6 Å². The second kappa shape index (κ2) is 5.32. The largest absolute Gasteiger partial charge is 0.557 e. The van der Waals surface area contributed by atoms with Crippen LogP contribution in [-0.2, 0) is 0 Å². The maximum absolute atomic E-state index is 6.68. The van der Waals surface area contributed by atoms with Crippen LogP contribution in [0.4, 0.5) is 0 Å². The van der Waals surface area contributed by atoms with Crippen molar-refractivity contribution in [3.05, 3.63) is 45.6 Å². The predicted molar refractivity (Wildman–Crippen MR) is 107 cm³/mol. The third-order valence-electron chi connectivity index (χ3n) is 5.96. The summed E-state index contributed by atoms with van der Waals surface area (Å²) < 4.78 is 4.90. The van der Waals surface area contributed by atoms with Gasteiger partial charge in [-0.15, -0.1) is 0 Å². The molecule has 2 aliphatic rings. The first-order valence-electron chi connectivity index (χ1n) is 9.00. The van der Waals surface area contributed by atoms with Gasteiger partial charge < -0.3 is 8.96 Å². The van der Waals surface area contributed by atoms with Gasteiger partial charge in [0.2, 0.25) is 0 Å². The Morgan fingerprint density at radius 2 is 1.71 bits per heavy atom. The Morgan fingerprint density at radius 3 is 2.25 bits per heavy atom. The normalized spacial score (nSPS) is 23.6. The Labute approximate surface area is 151 Å². The molecule has 24 heavy (non-hydrogen) atoms. The lowest BCUT2D eigenvalue weighted by atomic mass is 9.48. The fraction of sp³-hybridized carbons (Fsp3) is 0.500. The lowest BCUT2D eigenvalue weighted by Crippen LogP contribution is -2.54. The summed E-state index contributed by atoms with van der Waals surface area (Å²) in [6.07, 6.45) is -0.142. The van der Waals surface area contributed by atoms with Crippen LogP contribution in [0.3, 0.4) is 0 Å². The number of hydrogen-bond acceptors (Lipinski definition) is 0. The summed E-state index contributed by atoms with van der Waals surface area (Å²) in [5, 5.41) is 0.890. The summed E-state index contributed by atoms with van der Waals surface area (Å²) >= 11 is 6.68. The molecule has 1 aromatic rings. The molecule has 1 aromatic heterocycles. The highest BCUT2D eigenvalue weighted by atomic mass is 35.5. The van der Waals surface area contributed by atoms with Crippen LogP contribution in [0.15, 0.2) is 16.8 Å². The zero-order chi connectivity index (χ0) is 18.1. The Balaban J connectivity index is 2.50. The molecule has 1 unspecified atom stereocenters. The van der Waals surface area contributed by atoms with E-state index in [0.717, 1.165) is 17.1 Å².